The van der Waals surface area contributed by atoms with Gasteiger partial charge in [-0.15, -0.1) is 0 Å². The molecule has 1 unspecified atom stereocenters. The molecule has 1 saturated carbocycles. The Morgan fingerprint density at radius 2 is 1.54 bits per heavy atom. The normalized spacial score (nSPS) is 17.4. The van der Waals surface area contributed by atoms with Crippen LogP contribution in [-0.2, 0) is 14.3 Å². The molecule has 2 aliphatic rings. The summed E-state index contributed by atoms with van der Waals surface area (Å²) in [6.07, 6.45) is 4.11. The number of carbonyl (C=O) groups excluding carboxylic acids is 2. The van der Waals surface area contributed by atoms with Crippen molar-refractivity contribution in [3.8, 4) is 11.1 Å². The third kappa shape index (κ3) is 5.66. The van der Waals surface area contributed by atoms with E-state index in [0.29, 0.717) is 12.8 Å². The number of carboxylic acids is 1. The van der Waals surface area contributed by atoms with Crippen LogP contribution in [0.2, 0.25) is 0 Å². The van der Waals surface area contributed by atoms with Crippen LogP contribution < -0.4 is 10.6 Å². The second-order valence-corrected chi connectivity index (χ2v) is 9.87. The molecule has 0 saturated heterocycles. The van der Waals surface area contributed by atoms with Gasteiger partial charge in [-0.1, -0.05) is 81.1 Å². The summed E-state index contributed by atoms with van der Waals surface area (Å²) in [6, 6.07) is 16.3. The first-order valence-electron chi connectivity index (χ1n) is 12.5. The van der Waals surface area contributed by atoms with E-state index in [-0.39, 0.29) is 37.3 Å². The minimum atomic E-state index is -1.17. The van der Waals surface area contributed by atoms with Crippen molar-refractivity contribution in [1.29, 1.82) is 0 Å². The van der Waals surface area contributed by atoms with Gasteiger partial charge in [0.25, 0.3) is 0 Å². The van der Waals surface area contributed by atoms with E-state index in [0.717, 1.165) is 36.8 Å². The number of ether oxygens (including phenoxy) is 1. The van der Waals surface area contributed by atoms with E-state index >= 15 is 0 Å². The number of carboxylic acid groups (broad SMARTS) is 1. The Morgan fingerprint density at radius 3 is 2.11 bits per heavy atom. The van der Waals surface area contributed by atoms with Gasteiger partial charge in [-0.3, -0.25) is 4.79 Å². The van der Waals surface area contributed by atoms with Gasteiger partial charge in [0.2, 0.25) is 5.91 Å². The lowest BCUT2D eigenvalue weighted by molar-refractivity contribution is -0.148. The van der Waals surface area contributed by atoms with Gasteiger partial charge in [-0.2, -0.15) is 0 Å². The van der Waals surface area contributed by atoms with Crippen LogP contribution in [0.25, 0.3) is 11.1 Å². The topological polar surface area (TPSA) is 105 Å². The van der Waals surface area contributed by atoms with Crippen LogP contribution in [0, 0.1) is 5.92 Å². The number of amides is 2. The van der Waals surface area contributed by atoms with Crippen molar-refractivity contribution in [2.45, 2.75) is 63.3 Å². The molecule has 0 bridgehead atoms. The molecular formula is C28H34N2O5. The number of fused-ring (bicyclic) bond motifs is 3. The highest BCUT2D eigenvalue weighted by Gasteiger charge is 2.40. The molecule has 3 N–H and O–H groups in total. The van der Waals surface area contributed by atoms with E-state index in [1.807, 2.05) is 31.2 Å². The first-order valence-corrected chi connectivity index (χ1v) is 12.5. The van der Waals surface area contributed by atoms with Gasteiger partial charge < -0.3 is 20.5 Å². The molecule has 4 rings (SSSR count). The van der Waals surface area contributed by atoms with Crippen molar-refractivity contribution < 1.29 is 24.2 Å². The first kappa shape index (κ1) is 24.8. The maximum absolute atomic E-state index is 12.6. The second-order valence-electron chi connectivity index (χ2n) is 9.87. The molecule has 0 heterocycles. The minimum Gasteiger partial charge on any atom is -0.480 e. The average molecular weight is 479 g/mol. The van der Waals surface area contributed by atoms with Gasteiger partial charge >= 0.3 is 12.1 Å². The van der Waals surface area contributed by atoms with Crippen molar-refractivity contribution in [2.75, 3.05) is 13.2 Å². The Hall–Kier alpha value is -3.35. The predicted octanol–water partition coefficient (Wildman–Crippen LogP) is 4.85. The number of nitrogens with one attached hydrogen (secondary N) is 2. The molecule has 2 aromatic carbocycles. The lowest BCUT2D eigenvalue weighted by Gasteiger charge is -2.29. The summed E-state index contributed by atoms with van der Waals surface area (Å²) in [5.74, 6) is -1.43. The average Bonchev–Trinajstić information content (AvgIpc) is 2.97. The number of hydrogen-bond donors (Lipinski definition) is 3. The van der Waals surface area contributed by atoms with E-state index < -0.39 is 17.6 Å². The third-order valence-corrected chi connectivity index (χ3v) is 7.22. The molecule has 0 spiro atoms. The van der Waals surface area contributed by atoms with E-state index in [1.54, 1.807) is 0 Å². The fourth-order valence-corrected chi connectivity index (χ4v) is 5.34. The number of alkyl carbamates (subject to hydrolysis) is 1. The summed E-state index contributed by atoms with van der Waals surface area (Å²) >= 11 is 0. The van der Waals surface area contributed by atoms with Gasteiger partial charge in [-0.05, 0) is 41.0 Å². The molecule has 2 aromatic rings. The van der Waals surface area contributed by atoms with Crippen LogP contribution in [0.1, 0.15) is 68.9 Å². The van der Waals surface area contributed by atoms with Crippen molar-refractivity contribution >= 4 is 18.0 Å². The highest BCUT2D eigenvalue weighted by molar-refractivity contribution is 5.87. The second kappa shape index (κ2) is 10.9. The summed E-state index contributed by atoms with van der Waals surface area (Å²) in [6.45, 7) is 2.35. The minimum absolute atomic E-state index is 0.0110. The third-order valence-electron chi connectivity index (χ3n) is 7.22. The standard InChI is InChI=1S/C28H34N2O5/c1-19(16-25(31)30-28(26(32)33)14-8-2-3-9-15-28)17-29-27(34)35-18-24-22-12-6-4-10-20(22)21-11-5-7-13-23(21)24/h4-7,10-13,19,24H,2-3,8-9,14-18H2,1H3,(H,29,34)(H,30,31)(H,32,33). The molecule has 2 aliphatic carbocycles. The number of rotatable bonds is 8. The molecule has 0 aromatic heterocycles. The van der Waals surface area contributed by atoms with Crippen LogP contribution in [0.15, 0.2) is 48.5 Å². The van der Waals surface area contributed by atoms with Crippen LogP contribution in [0.4, 0.5) is 4.79 Å². The van der Waals surface area contributed by atoms with E-state index in [1.165, 1.54) is 11.1 Å². The zero-order valence-corrected chi connectivity index (χ0v) is 20.2. The number of benzene rings is 2. The number of aliphatic carboxylic acids is 1. The van der Waals surface area contributed by atoms with Crippen LogP contribution >= 0.6 is 0 Å². The lowest BCUT2D eigenvalue weighted by atomic mass is 9.89. The molecule has 7 nitrogen and oxygen atoms in total. The van der Waals surface area contributed by atoms with Crippen molar-refractivity contribution in [1.82, 2.24) is 10.6 Å². The summed E-state index contributed by atoms with van der Waals surface area (Å²) in [5.41, 5.74) is 3.47. The van der Waals surface area contributed by atoms with E-state index in [9.17, 15) is 19.5 Å². The number of hydrogen-bond acceptors (Lipinski definition) is 4. The van der Waals surface area contributed by atoms with Crippen molar-refractivity contribution in [3.05, 3.63) is 59.7 Å². The van der Waals surface area contributed by atoms with Gasteiger partial charge in [-0.25, -0.2) is 9.59 Å². The number of carbonyl (C=O) groups is 3. The highest BCUT2D eigenvalue weighted by atomic mass is 16.5. The maximum Gasteiger partial charge on any atom is 0.407 e. The smallest absolute Gasteiger partial charge is 0.407 e. The fraction of sp³-hybridized carbons (Fsp3) is 0.464. The van der Waals surface area contributed by atoms with Gasteiger partial charge in [0, 0.05) is 18.9 Å². The zero-order chi connectivity index (χ0) is 24.8. The molecule has 1 atom stereocenters. The summed E-state index contributed by atoms with van der Waals surface area (Å²) in [7, 11) is 0. The Bertz CT molecular complexity index is 1030. The molecule has 7 heteroatoms. The summed E-state index contributed by atoms with van der Waals surface area (Å²) in [4.78, 5) is 36.9. The van der Waals surface area contributed by atoms with Crippen LogP contribution in [0.5, 0.6) is 0 Å². The van der Waals surface area contributed by atoms with E-state index in [2.05, 4.69) is 34.9 Å². The van der Waals surface area contributed by atoms with Crippen LogP contribution in [0.3, 0.4) is 0 Å². The van der Waals surface area contributed by atoms with Crippen LogP contribution in [-0.4, -0.2) is 41.8 Å². The largest absolute Gasteiger partial charge is 0.480 e. The monoisotopic (exact) mass is 478 g/mol. The molecule has 35 heavy (non-hydrogen) atoms. The summed E-state index contributed by atoms with van der Waals surface area (Å²) in [5, 5.41) is 15.3. The SMILES string of the molecule is CC(CNC(=O)OCC1c2ccccc2-c2ccccc21)CC(=O)NC1(C(=O)O)CCCCCC1. The Morgan fingerprint density at radius 1 is 0.971 bits per heavy atom. The molecule has 2 amide bonds. The lowest BCUT2D eigenvalue weighted by Crippen LogP contribution is -2.54. The van der Waals surface area contributed by atoms with Crippen molar-refractivity contribution in [3.63, 3.8) is 0 Å². The zero-order valence-electron chi connectivity index (χ0n) is 20.2. The van der Waals surface area contributed by atoms with E-state index in [4.69, 9.17) is 4.74 Å². The quantitative estimate of drug-likeness (QED) is 0.471. The first-order chi connectivity index (χ1) is 16.9. The van der Waals surface area contributed by atoms with Gasteiger partial charge in [0.1, 0.15) is 12.1 Å². The molecule has 0 radical (unpaired) electrons. The highest BCUT2D eigenvalue weighted by Crippen LogP contribution is 2.44. The Kier molecular flexibility index (Phi) is 7.73. The molecule has 0 aliphatic heterocycles. The molecule has 186 valence electrons. The Balaban J connectivity index is 1.25. The predicted molar refractivity (Wildman–Crippen MR) is 133 cm³/mol. The maximum atomic E-state index is 12.6. The summed E-state index contributed by atoms with van der Waals surface area (Å²) < 4.78 is 5.55. The van der Waals surface area contributed by atoms with Gasteiger partial charge in [0.05, 0.1) is 0 Å². The molecular weight excluding hydrogens is 444 g/mol. The van der Waals surface area contributed by atoms with Crippen molar-refractivity contribution in [2.24, 2.45) is 5.92 Å². The van der Waals surface area contributed by atoms with Gasteiger partial charge in [0.15, 0.2) is 0 Å². The Labute approximate surface area is 206 Å². The molecule has 1 fully saturated rings. The fourth-order valence-electron chi connectivity index (χ4n) is 5.34.